The van der Waals surface area contributed by atoms with Gasteiger partial charge in [0.15, 0.2) is 6.10 Å². The lowest BCUT2D eigenvalue weighted by molar-refractivity contribution is -0.166. The molecule has 0 amide bonds. The van der Waals surface area contributed by atoms with Crippen molar-refractivity contribution in [3.05, 3.63) is 60.8 Å². The SMILES string of the molecule is CCCCC/C=C\C/C=C\CCCCCCCCCC(=O)OCC(COC(=O)CC/C=C\C/C=C\CCCCCCCC)OC(=O)CCCCC/C=C\CCCCCCCCC. The number of carbonyl (C=O) groups is 3. The number of unbranched alkanes of at least 4 members (excludes halogenated alkanes) is 26. The normalized spacial score (nSPS) is 12.5. The lowest BCUT2D eigenvalue weighted by Crippen LogP contribution is -2.30. The number of hydrogen-bond acceptors (Lipinski definition) is 6. The predicted molar refractivity (Wildman–Crippen MR) is 265 cm³/mol. The molecule has 0 spiro atoms. The highest BCUT2D eigenvalue weighted by Gasteiger charge is 2.19. The molecular formula is C56H98O6. The summed E-state index contributed by atoms with van der Waals surface area (Å²) in [5.74, 6) is -0.991. The van der Waals surface area contributed by atoms with Gasteiger partial charge in [-0.3, -0.25) is 14.4 Å². The van der Waals surface area contributed by atoms with Crippen molar-refractivity contribution in [2.24, 2.45) is 0 Å². The van der Waals surface area contributed by atoms with Gasteiger partial charge in [0.1, 0.15) is 13.2 Å². The van der Waals surface area contributed by atoms with Crippen LogP contribution in [-0.2, 0) is 28.6 Å². The van der Waals surface area contributed by atoms with E-state index in [9.17, 15) is 14.4 Å². The summed E-state index contributed by atoms with van der Waals surface area (Å²) in [4.78, 5) is 37.9. The molecule has 1 atom stereocenters. The summed E-state index contributed by atoms with van der Waals surface area (Å²) < 4.78 is 16.7. The first-order chi connectivity index (χ1) is 30.5. The van der Waals surface area contributed by atoms with Crippen molar-refractivity contribution in [1.29, 1.82) is 0 Å². The lowest BCUT2D eigenvalue weighted by Gasteiger charge is -2.18. The summed E-state index contributed by atoms with van der Waals surface area (Å²) in [5.41, 5.74) is 0. The van der Waals surface area contributed by atoms with Crippen LogP contribution in [0.4, 0.5) is 0 Å². The molecule has 0 saturated heterocycles. The maximum absolute atomic E-state index is 12.8. The standard InChI is InChI=1S/C56H98O6/c1-4-7-10-13-16-19-22-25-27-28-29-32-34-37-40-43-46-49-55(58)61-52-53(51-60-54(57)48-45-42-39-36-33-30-24-21-18-15-12-9-6-3)62-56(59)50-47-44-41-38-35-31-26-23-20-17-14-11-8-5-2/h16,19,25,27,30-31,33,35,39,42,53H,4-15,17-18,20-24,26,28-29,32,34,36-38,40-41,43-52H2,1-3H3/b19-16-,27-25-,33-30-,35-31-,42-39-. The van der Waals surface area contributed by atoms with Gasteiger partial charge in [-0.25, -0.2) is 0 Å². The molecule has 0 bridgehead atoms. The zero-order chi connectivity index (χ0) is 45.1. The first-order valence-corrected chi connectivity index (χ1v) is 26.3. The number of hydrogen-bond donors (Lipinski definition) is 0. The summed E-state index contributed by atoms with van der Waals surface area (Å²) in [6.07, 6.45) is 62.1. The maximum Gasteiger partial charge on any atom is 0.306 e. The van der Waals surface area contributed by atoms with Gasteiger partial charge in [-0.05, 0) is 96.3 Å². The van der Waals surface area contributed by atoms with Crippen LogP contribution in [0.1, 0.15) is 258 Å². The summed E-state index contributed by atoms with van der Waals surface area (Å²) >= 11 is 0. The van der Waals surface area contributed by atoms with E-state index in [1.54, 1.807) is 0 Å². The zero-order valence-corrected chi connectivity index (χ0v) is 40.9. The second-order valence-electron chi connectivity index (χ2n) is 17.4. The van der Waals surface area contributed by atoms with Crippen molar-refractivity contribution in [2.45, 2.75) is 264 Å². The quantitative estimate of drug-likeness (QED) is 0.0262. The van der Waals surface area contributed by atoms with E-state index in [4.69, 9.17) is 14.2 Å². The Morgan fingerprint density at radius 1 is 0.323 bits per heavy atom. The molecule has 0 heterocycles. The highest BCUT2D eigenvalue weighted by Crippen LogP contribution is 2.14. The summed E-state index contributed by atoms with van der Waals surface area (Å²) in [6, 6.07) is 0. The molecule has 0 fully saturated rings. The van der Waals surface area contributed by atoms with Crippen LogP contribution in [0.5, 0.6) is 0 Å². The molecule has 62 heavy (non-hydrogen) atoms. The zero-order valence-electron chi connectivity index (χ0n) is 40.9. The second-order valence-corrected chi connectivity index (χ2v) is 17.4. The largest absolute Gasteiger partial charge is 0.462 e. The molecule has 0 rings (SSSR count). The highest BCUT2D eigenvalue weighted by molar-refractivity contribution is 5.71. The Labute approximate surface area is 383 Å². The molecule has 6 nitrogen and oxygen atoms in total. The van der Waals surface area contributed by atoms with Crippen molar-refractivity contribution >= 4 is 17.9 Å². The molecule has 358 valence electrons. The van der Waals surface area contributed by atoms with E-state index in [0.29, 0.717) is 19.3 Å². The van der Waals surface area contributed by atoms with Crippen LogP contribution in [0, 0.1) is 0 Å². The number of rotatable bonds is 47. The van der Waals surface area contributed by atoms with E-state index < -0.39 is 6.10 Å². The number of esters is 3. The summed E-state index contributed by atoms with van der Waals surface area (Å²) in [5, 5.41) is 0. The third-order valence-electron chi connectivity index (χ3n) is 11.2. The summed E-state index contributed by atoms with van der Waals surface area (Å²) in [7, 11) is 0. The molecule has 0 aliphatic rings. The minimum atomic E-state index is -0.806. The number of ether oxygens (including phenoxy) is 3. The molecule has 0 aliphatic heterocycles. The fourth-order valence-corrected chi connectivity index (χ4v) is 7.23. The van der Waals surface area contributed by atoms with E-state index in [-0.39, 0.29) is 37.5 Å². The van der Waals surface area contributed by atoms with Crippen molar-refractivity contribution in [3.8, 4) is 0 Å². The molecule has 0 radical (unpaired) electrons. The molecule has 0 aliphatic carbocycles. The molecule has 0 aromatic rings. The topological polar surface area (TPSA) is 78.9 Å². The Morgan fingerprint density at radius 2 is 0.613 bits per heavy atom. The third-order valence-corrected chi connectivity index (χ3v) is 11.2. The van der Waals surface area contributed by atoms with Crippen molar-refractivity contribution < 1.29 is 28.6 Å². The highest BCUT2D eigenvalue weighted by atomic mass is 16.6. The molecule has 0 aromatic heterocycles. The average molecular weight is 867 g/mol. The number of carbonyl (C=O) groups excluding carboxylic acids is 3. The van der Waals surface area contributed by atoms with E-state index >= 15 is 0 Å². The minimum Gasteiger partial charge on any atom is -0.462 e. The number of allylic oxidation sites excluding steroid dienone is 10. The average Bonchev–Trinajstić information content (AvgIpc) is 3.27. The summed E-state index contributed by atoms with van der Waals surface area (Å²) in [6.45, 7) is 6.53. The molecule has 0 N–H and O–H groups in total. The van der Waals surface area contributed by atoms with Gasteiger partial charge >= 0.3 is 17.9 Å². The van der Waals surface area contributed by atoms with Crippen molar-refractivity contribution in [1.82, 2.24) is 0 Å². The minimum absolute atomic E-state index is 0.101. The Hall–Kier alpha value is -2.89. The van der Waals surface area contributed by atoms with Crippen LogP contribution in [0.2, 0.25) is 0 Å². The smallest absolute Gasteiger partial charge is 0.306 e. The van der Waals surface area contributed by atoms with Crippen LogP contribution in [0.25, 0.3) is 0 Å². The van der Waals surface area contributed by atoms with Crippen LogP contribution < -0.4 is 0 Å². The van der Waals surface area contributed by atoms with Gasteiger partial charge < -0.3 is 14.2 Å². The second kappa shape index (κ2) is 50.8. The van der Waals surface area contributed by atoms with Crippen molar-refractivity contribution in [3.63, 3.8) is 0 Å². The Morgan fingerprint density at radius 3 is 1.05 bits per heavy atom. The van der Waals surface area contributed by atoms with Gasteiger partial charge in [0.2, 0.25) is 0 Å². The van der Waals surface area contributed by atoms with Gasteiger partial charge in [0, 0.05) is 19.3 Å². The Kier molecular flexibility index (Phi) is 48.4. The predicted octanol–water partition coefficient (Wildman–Crippen LogP) is 17.3. The molecule has 6 heteroatoms. The van der Waals surface area contributed by atoms with Gasteiger partial charge in [-0.1, -0.05) is 204 Å². The molecule has 0 aromatic carbocycles. The van der Waals surface area contributed by atoms with Crippen LogP contribution in [0.15, 0.2) is 60.8 Å². The van der Waals surface area contributed by atoms with Crippen LogP contribution >= 0.6 is 0 Å². The fourth-order valence-electron chi connectivity index (χ4n) is 7.23. The van der Waals surface area contributed by atoms with E-state index in [1.165, 1.54) is 135 Å². The van der Waals surface area contributed by atoms with E-state index in [2.05, 4.69) is 75.5 Å². The third kappa shape index (κ3) is 48.1. The van der Waals surface area contributed by atoms with Gasteiger partial charge in [0.25, 0.3) is 0 Å². The first kappa shape index (κ1) is 59.1. The van der Waals surface area contributed by atoms with Crippen LogP contribution in [-0.4, -0.2) is 37.2 Å². The molecule has 1 unspecified atom stereocenters. The Bertz CT molecular complexity index is 1130. The lowest BCUT2D eigenvalue weighted by atomic mass is 10.1. The van der Waals surface area contributed by atoms with Gasteiger partial charge in [-0.15, -0.1) is 0 Å². The van der Waals surface area contributed by atoms with E-state index in [0.717, 1.165) is 77.0 Å². The molecule has 0 saturated carbocycles. The molecular weight excluding hydrogens is 769 g/mol. The van der Waals surface area contributed by atoms with Crippen molar-refractivity contribution in [2.75, 3.05) is 13.2 Å². The monoisotopic (exact) mass is 867 g/mol. The van der Waals surface area contributed by atoms with Gasteiger partial charge in [0.05, 0.1) is 0 Å². The van der Waals surface area contributed by atoms with E-state index in [1.807, 2.05) is 6.08 Å². The fraction of sp³-hybridized carbons (Fsp3) is 0.768. The van der Waals surface area contributed by atoms with Crippen LogP contribution in [0.3, 0.4) is 0 Å². The Balaban J connectivity index is 4.45. The first-order valence-electron chi connectivity index (χ1n) is 26.3. The van der Waals surface area contributed by atoms with Gasteiger partial charge in [-0.2, -0.15) is 0 Å². The maximum atomic E-state index is 12.8.